The lowest BCUT2D eigenvalue weighted by molar-refractivity contribution is 0.0367. The molecule has 1 fully saturated rings. The van der Waals surface area contributed by atoms with Crippen LogP contribution in [0.2, 0.25) is 0 Å². The Balaban J connectivity index is 2.39. The van der Waals surface area contributed by atoms with E-state index in [1.165, 1.54) is 19.3 Å². The number of likely N-dealkylation sites (N-methyl/N-ethyl adjacent to an activating group) is 1. The maximum Gasteiger partial charge on any atom is 0.126 e. The van der Waals surface area contributed by atoms with Crippen LogP contribution in [0, 0.1) is 5.92 Å². The van der Waals surface area contributed by atoms with E-state index in [4.69, 9.17) is 0 Å². The molecule has 1 aliphatic heterocycles. The van der Waals surface area contributed by atoms with Crippen molar-refractivity contribution >= 4 is 0 Å². The predicted octanol–water partition coefficient (Wildman–Crippen LogP) is 1.54. The Morgan fingerprint density at radius 3 is 2.88 bits per heavy atom. The highest BCUT2D eigenvalue weighted by Gasteiger charge is 2.18. The zero-order chi connectivity index (χ0) is 12.0. The summed E-state index contributed by atoms with van der Waals surface area (Å²) in [6.45, 7) is 5.21. The van der Waals surface area contributed by atoms with Crippen LogP contribution in [0.25, 0.3) is 0 Å². The summed E-state index contributed by atoms with van der Waals surface area (Å²) in [7, 11) is 4.06. The fourth-order valence-electron chi connectivity index (χ4n) is 2.15. The Bertz CT molecular complexity index is 216. The van der Waals surface area contributed by atoms with Crippen molar-refractivity contribution in [2.24, 2.45) is 5.92 Å². The molecule has 1 saturated heterocycles. The fraction of sp³-hybridized carbons (Fsp3) is 0.846. The van der Waals surface area contributed by atoms with Gasteiger partial charge in [-0.1, -0.05) is 19.4 Å². The summed E-state index contributed by atoms with van der Waals surface area (Å²) < 4.78 is 0. The molecule has 0 aromatic carbocycles. The monoisotopic (exact) mass is 226 g/mol. The van der Waals surface area contributed by atoms with Crippen LogP contribution in [0.1, 0.15) is 26.2 Å². The Morgan fingerprint density at radius 2 is 2.19 bits per heavy atom. The van der Waals surface area contributed by atoms with Gasteiger partial charge in [-0.25, -0.2) is 0 Å². The second-order valence-corrected chi connectivity index (χ2v) is 5.20. The number of hydrogen-bond donors (Lipinski definition) is 1. The molecule has 16 heavy (non-hydrogen) atoms. The molecular formula is C13H26N2O. The van der Waals surface area contributed by atoms with Crippen molar-refractivity contribution in [2.45, 2.75) is 32.4 Å². The minimum atomic E-state index is -0.402. The van der Waals surface area contributed by atoms with Gasteiger partial charge in [-0.05, 0) is 38.9 Å². The highest BCUT2D eigenvalue weighted by Crippen LogP contribution is 2.17. The molecule has 0 amide bonds. The molecule has 1 rings (SSSR count). The third-order valence-electron chi connectivity index (χ3n) is 3.09. The van der Waals surface area contributed by atoms with Gasteiger partial charge in [0, 0.05) is 19.6 Å². The van der Waals surface area contributed by atoms with Crippen molar-refractivity contribution < 1.29 is 5.11 Å². The molecule has 0 aromatic rings. The maximum absolute atomic E-state index is 10.1. The average molecular weight is 226 g/mol. The summed E-state index contributed by atoms with van der Waals surface area (Å²) in [4.78, 5) is 4.28. The van der Waals surface area contributed by atoms with Crippen LogP contribution in [-0.2, 0) is 0 Å². The van der Waals surface area contributed by atoms with Gasteiger partial charge < -0.3 is 10.0 Å². The van der Waals surface area contributed by atoms with E-state index in [0.717, 1.165) is 19.6 Å². The standard InChI is InChI=1S/C13H26N2O/c1-12-7-4-5-10-15(11-12)13(16)8-6-9-14(2)3/h6,8,12-13,16H,4-5,7,9-11H2,1-3H3/b8-6+/t12-,13?/m1/s1. The number of aliphatic hydroxyl groups excluding tert-OH is 1. The summed E-state index contributed by atoms with van der Waals surface area (Å²) >= 11 is 0. The first kappa shape index (κ1) is 13.7. The van der Waals surface area contributed by atoms with Crippen LogP contribution < -0.4 is 0 Å². The van der Waals surface area contributed by atoms with E-state index in [1.807, 2.05) is 26.2 Å². The van der Waals surface area contributed by atoms with Crippen LogP contribution >= 0.6 is 0 Å². The molecule has 0 bridgehead atoms. The lowest BCUT2D eigenvalue weighted by Gasteiger charge is -2.26. The molecule has 0 saturated carbocycles. The molecule has 0 aliphatic carbocycles. The van der Waals surface area contributed by atoms with Crippen LogP contribution in [-0.4, -0.2) is 54.9 Å². The van der Waals surface area contributed by atoms with Gasteiger partial charge in [0.15, 0.2) is 0 Å². The van der Waals surface area contributed by atoms with Gasteiger partial charge >= 0.3 is 0 Å². The van der Waals surface area contributed by atoms with E-state index in [2.05, 4.69) is 16.7 Å². The van der Waals surface area contributed by atoms with Crippen molar-refractivity contribution in [1.82, 2.24) is 9.80 Å². The second kappa shape index (κ2) is 7.05. The first-order chi connectivity index (χ1) is 7.59. The Morgan fingerprint density at radius 1 is 1.44 bits per heavy atom. The Kier molecular flexibility index (Phi) is 6.03. The number of aliphatic hydroxyl groups is 1. The van der Waals surface area contributed by atoms with E-state index in [0.29, 0.717) is 5.92 Å². The zero-order valence-electron chi connectivity index (χ0n) is 10.9. The molecule has 2 atom stereocenters. The molecule has 0 spiro atoms. The van der Waals surface area contributed by atoms with E-state index < -0.39 is 6.23 Å². The van der Waals surface area contributed by atoms with Crippen LogP contribution in [0.5, 0.6) is 0 Å². The normalized spacial score (nSPS) is 26.2. The van der Waals surface area contributed by atoms with Gasteiger partial charge in [-0.15, -0.1) is 0 Å². The van der Waals surface area contributed by atoms with Crippen LogP contribution in [0.15, 0.2) is 12.2 Å². The SMILES string of the molecule is C[C@@H]1CCCCN(C(O)/C=C/CN(C)C)C1. The molecular weight excluding hydrogens is 200 g/mol. The van der Waals surface area contributed by atoms with Gasteiger partial charge in [0.1, 0.15) is 6.23 Å². The molecule has 0 radical (unpaired) electrons. The van der Waals surface area contributed by atoms with Crippen molar-refractivity contribution in [3.05, 3.63) is 12.2 Å². The fourth-order valence-corrected chi connectivity index (χ4v) is 2.15. The molecule has 0 aromatic heterocycles. The lowest BCUT2D eigenvalue weighted by atomic mass is 10.1. The summed E-state index contributed by atoms with van der Waals surface area (Å²) in [5.74, 6) is 0.708. The van der Waals surface area contributed by atoms with Gasteiger partial charge in [-0.3, -0.25) is 4.90 Å². The van der Waals surface area contributed by atoms with Gasteiger partial charge in [-0.2, -0.15) is 0 Å². The van der Waals surface area contributed by atoms with Crippen LogP contribution in [0.3, 0.4) is 0 Å². The van der Waals surface area contributed by atoms with E-state index in [1.54, 1.807) is 0 Å². The minimum absolute atomic E-state index is 0.402. The number of nitrogens with zero attached hydrogens (tertiary/aromatic N) is 2. The van der Waals surface area contributed by atoms with Gasteiger partial charge in [0.05, 0.1) is 0 Å². The first-order valence-electron chi connectivity index (χ1n) is 6.33. The highest BCUT2D eigenvalue weighted by molar-refractivity contribution is 4.90. The van der Waals surface area contributed by atoms with Crippen molar-refractivity contribution in [3.8, 4) is 0 Å². The van der Waals surface area contributed by atoms with Gasteiger partial charge in [0.25, 0.3) is 0 Å². The van der Waals surface area contributed by atoms with Crippen molar-refractivity contribution in [1.29, 1.82) is 0 Å². The first-order valence-corrected chi connectivity index (χ1v) is 6.33. The zero-order valence-corrected chi connectivity index (χ0v) is 10.9. The average Bonchev–Trinajstić information content (AvgIpc) is 2.42. The van der Waals surface area contributed by atoms with E-state index >= 15 is 0 Å². The maximum atomic E-state index is 10.1. The highest BCUT2D eigenvalue weighted by atomic mass is 16.3. The molecule has 3 heteroatoms. The Labute approximate surface area is 99.7 Å². The van der Waals surface area contributed by atoms with Crippen LogP contribution in [0.4, 0.5) is 0 Å². The number of hydrogen-bond acceptors (Lipinski definition) is 3. The quantitative estimate of drug-likeness (QED) is 0.737. The second-order valence-electron chi connectivity index (χ2n) is 5.20. The largest absolute Gasteiger partial charge is 0.375 e. The van der Waals surface area contributed by atoms with Crippen molar-refractivity contribution in [3.63, 3.8) is 0 Å². The summed E-state index contributed by atoms with van der Waals surface area (Å²) in [5.41, 5.74) is 0. The third kappa shape index (κ3) is 5.10. The van der Waals surface area contributed by atoms with Gasteiger partial charge in [0.2, 0.25) is 0 Å². The molecule has 1 N–H and O–H groups in total. The smallest absolute Gasteiger partial charge is 0.126 e. The van der Waals surface area contributed by atoms with E-state index in [9.17, 15) is 5.11 Å². The van der Waals surface area contributed by atoms with Crippen molar-refractivity contribution in [2.75, 3.05) is 33.7 Å². The lowest BCUT2D eigenvalue weighted by Crippen LogP contribution is -2.36. The molecule has 1 heterocycles. The minimum Gasteiger partial charge on any atom is -0.375 e. The third-order valence-corrected chi connectivity index (χ3v) is 3.09. The summed E-state index contributed by atoms with van der Waals surface area (Å²) in [6, 6.07) is 0. The number of likely N-dealkylation sites (tertiary alicyclic amines) is 1. The summed E-state index contributed by atoms with van der Waals surface area (Å²) in [5, 5.41) is 10.1. The molecule has 94 valence electrons. The molecule has 1 unspecified atom stereocenters. The number of rotatable bonds is 4. The molecule has 1 aliphatic rings. The Hall–Kier alpha value is -0.380. The van der Waals surface area contributed by atoms with E-state index in [-0.39, 0.29) is 0 Å². The topological polar surface area (TPSA) is 26.7 Å². The molecule has 3 nitrogen and oxygen atoms in total. The predicted molar refractivity (Wildman–Crippen MR) is 68.3 cm³/mol. The summed E-state index contributed by atoms with van der Waals surface area (Å²) in [6.07, 6.45) is 7.36.